The van der Waals surface area contributed by atoms with Crippen LogP contribution in [0.1, 0.15) is 23.9 Å². The molecule has 0 radical (unpaired) electrons. The van der Waals surface area contributed by atoms with Gasteiger partial charge in [-0.2, -0.15) is 5.10 Å². The SMILES string of the molecule is OCCNc1cc(N2CCCn3nc([C@@H](O)CO)cc3C2)ncn1. The second kappa shape index (κ2) is 7.56. The predicted molar refractivity (Wildman–Crippen MR) is 87.5 cm³/mol. The Morgan fingerprint density at radius 3 is 2.88 bits per heavy atom. The summed E-state index contributed by atoms with van der Waals surface area (Å²) in [4.78, 5) is 10.6. The normalized spacial score (nSPS) is 15.7. The Morgan fingerprint density at radius 2 is 2.08 bits per heavy atom. The highest BCUT2D eigenvalue weighted by Gasteiger charge is 2.20. The van der Waals surface area contributed by atoms with Crippen LogP contribution in [0.15, 0.2) is 18.5 Å². The van der Waals surface area contributed by atoms with Crippen molar-refractivity contribution in [3.05, 3.63) is 29.8 Å². The molecule has 0 aliphatic carbocycles. The van der Waals surface area contributed by atoms with Gasteiger partial charge < -0.3 is 25.5 Å². The highest BCUT2D eigenvalue weighted by Crippen LogP contribution is 2.22. The topological polar surface area (TPSA) is 120 Å². The zero-order valence-corrected chi connectivity index (χ0v) is 13.3. The molecule has 0 saturated heterocycles. The second-order valence-electron chi connectivity index (χ2n) is 5.67. The van der Waals surface area contributed by atoms with Crippen molar-refractivity contribution < 1.29 is 15.3 Å². The summed E-state index contributed by atoms with van der Waals surface area (Å²) in [6.45, 7) is 2.33. The first-order chi connectivity index (χ1) is 11.7. The third-order valence-corrected chi connectivity index (χ3v) is 3.94. The van der Waals surface area contributed by atoms with Crippen LogP contribution in [0.25, 0.3) is 0 Å². The van der Waals surface area contributed by atoms with E-state index in [1.54, 1.807) is 0 Å². The van der Waals surface area contributed by atoms with Gasteiger partial charge in [0.1, 0.15) is 24.1 Å². The summed E-state index contributed by atoms with van der Waals surface area (Å²) < 4.78 is 1.88. The van der Waals surface area contributed by atoms with E-state index in [0.29, 0.717) is 24.6 Å². The first kappa shape index (κ1) is 16.6. The average Bonchev–Trinajstić information content (AvgIpc) is 2.91. The van der Waals surface area contributed by atoms with E-state index in [4.69, 9.17) is 10.2 Å². The summed E-state index contributed by atoms with van der Waals surface area (Å²) in [5.74, 6) is 1.47. The first-order valence-electron chi connectivity index (χ1n) is 7.98. The van der Waals surface area contributed by atoms with Gasteiger partial charge in [-0.05, 0) is 12.5 Å². The Hall–Kier alpha value is -2.23. The van der Waals surface area contributed by atoms with Gasteiger partial charge in [-0.1, -0.05) is 0 Å². The second-order valence-corrected chi connectivity index (χ2v) is 5.67. The molecular formula is C15H22N6O3. The van der Waals surface area contributed by atoms with Gasteiger partial charge in [0, 0.05) is 25.7 Å². The number of hydrogen-bond acceptors (Lipinski definition) is 8. The van der Waals surface area contributed by atoms with Crippen LogP contribution in [0.2, 0.25) is 0 Å². The van der Waals surface area contributed by atoms with Crippen LogP contribution in [-0.2, 0) is 13.1 Å². The molecule has 130 valence electrons. The quantitative estimate of drug-likeness (QED) is 0.559. The molecule has 0 unspecified atom stereocenters. The van der Waals surface area contributed by atoms with Gasteiger partial charge in [-0.3, -0.25) is 4.68 Å². The van der Waals surface area contributed by atoms with Gasteiger partial charge in [-0.15, -0.1) is 0 Å². The van der Waals surface area contributed by atoms with E-state index < -0.39 is 6.10 Å². The molecule has 4 N–H and O–H groups in total. The standard InChI is InChI=1S/C15H22N6O3/c22-5-2-16-14-7-15(18-10-17-14)20-3-1-4-21-11(8-20)6-12(19-21)13(24)9-23/h6-7,10,13,22-24H,1-5,8-9H2,(H,16,17,18)/t13-/m0/s1. The minimum absolute atomic E-state index is 0.0399. The van der Waals surface area contributed by atoms with Crippen LogP contribution in [-0.4, -0.2) is 61.4 Å². The van der Waals surface area contributed by atoms with E-state index in [1.165, 1.54) is 6.33 Å². The summed E-state index contributed by atoms with van der Waals surface area (Å²) in [5.41, 5.74) is 1.46. The number of nitrogens with zero attached hydrogens (tertiary/aromatic N) is 5. The van der Waals surface area contributed by atoms with E-state index in [9.17, 15) is 5.11 Å². The van der Waals surface area contributed by atoms with Crippen LogP contribution >= 0.6 is 0 Å². The fourth-order valence-corrected chi connectivity index (χ4v) is 2.74. The average molecular weight is 334 g/mol. The van der Waals surface area contributed by atoms with Gasteiger partial charge in [0.25, 0.3) is 0 Å². The molecule has 0 bridgehead atoms. The van der Waals surface area contributed by atoms with Gasteiger partial charge in [0.2, 0.25) is 0 Å². The Balaban J connectivity index is 1.79. The minimum atomic E-state index is -0.953. The lowest BCUT2D eigenvalue weighted by molar-refractivity contribution is 0.0916. The Labute approximate surface area is 139 Å². The number of nitrogens with one attached hydrogen (secondary N) is 1. The van der Waals surface area contributed by atoms with E-state index in [-0.39, 0.29) is 13.2 Å². The van der Waals surface area contributed by atoms with Crippen molar-refractivity contribution >= 4 is 11.6 Å². The minimum Gasteiger partial charge on any atom is -0.395 e. The lowest BCUT2D eigenvalue weighted by Gasteiger charge is -2.21. The molecule has 0 fully saturated rings. The lowest BCUT2D eigenvalue weighted by Crippen LogP contribution is -2.24. The molecule has 1 atom stereocenters. The molecule has 2 aromatic heterocycles. The van der Waals surface area contributed by atoms with Crippen molar-refractivity contribution in [3.63, 3.8) is 0 Å². The molecule has 0 saturated carbocycles. The van der Waals surface area contributed by atoms with Crippen LogP contribution in [0.5, 0.6) is 0 Å². The molecule has 0 aromatic carbocycles. The van der Waals surface area contributed by atoms with Crippen LogP contribution in [0.4, 0.5) is 11.6 Å². The smallest absolute Gasteiger partial charge is 0.134 e. The largest absolute Gasteiger partial charge is 0.395 e. The molecule has 9 nitrogen and oxygen atoms in total. The van der Waals surface area contributed by atoms with Gasteiger partial charge in [0.05, 0.1) is 31.1 Å². The Kier molecular flexibility index (Phi) is 5.24. The fraction of sp³-hybridized carbons (Fsp3) is 0.533. The third-order valence-electron chi connectivity index (χ3n) is 3.94. The number of aliphatic hydroxyl groups is 3. The number of anilines is 2. The van der Waals surface area contributed by atoms with Gasteiger partial charge >= 0.3 is 0 Å². The molecule has 9 heteroatoms. The summed E-state index contributed by atoms with van der Waals surface area (Å²) in [6.07, 6.45) is 1.44. The van der Waals surface area contributed by atoms with Gasteiger partial charge in [0.15, 0.2) is 0 Å². The number of aryl methyl sites for hydroxylation is 1. The number of hydrogen-bond donors (Lipinski definition) is 4. The van der Waals surface area contributed by atoms with Crippen LogP contribution in [0, 0.1) is 0 Å². The maximum Gasteiger partial charge on any atom is 0.134 e. The molecule has 1 aliphatic rings. The van der Waals surface area contributed by atoms with Crippen LogP contribution < -0.4 is 10.2 Å². The Morgan fingerprint density at radius 1 is 1.21 bits per heavy atom. The highest BCUT2D eigenvalue weighted by atomic mass is 16.3. The summed E-state index contributed by atoms with van der Waals surface area (Å²) >= 11 is 0. The van der Waals surface area contributed by atoms with E-state index >= 15 is 0 Å². The maximum absolute atomic E-state index is 9.76. The zero-order valence-electron chi connectivity index (χ0n) is 13.3. The number of aromatic nitrogens is 4. The van der Waals surface area contributed by atoms with Crippen LogP contribution in [0.3, 0.4) is 0 Å². The molecule has 0 amide bonds. The lowest BCUT2D eigenvalue weighted by atomic mass is 10.2. The van der Waals surface area contributed by atoms with Crippen molar-refractivity contribution in [1.29, 1.82) is 0 Å². The fourth-order valence-electron chi connectivity index (χ4n) is 2.74. The first-order valence-corrected chi connectivity index (χ1v) is 7.98. The van der Waals surface area contributed by atoms with E-state index in [1.807, 2.05) is 16.8 Å². The molecule has 0 spiro atoms. The number of fused-ring (bicyclic) bond motifs is 1. The van der Waals surface area contributed by atoms with Crippen molar-refractivity contribution in [2.75, 3.05) is 36.5 Å². The van der Waals surface area contributed by atoms with Crippen molar-refractivity contribution in [1.82, 2.24) is 19.7 Å². The maximum atomic E-state index is 9.76. The molecule has 3 rings (SSSR count). The summed E-state index contributed by atoms with van der Waals surface area (Å²) in [6, 6.07) is 3.68. The van der Waals surface area contributed by atoms with Gasteiger partial charge in [-0.25, -0.2) is 9.97 Å². The van der Waals surface area contributed by atoms with E-state index in [2.05, 4.69) is 25.3 Å². The number of rotatable bonds is 6. The predicted octanol–water partition coefficient (Wildman–Crippen LogP) is -0.487. The number of aliphatic hydroxyl groups excluding tert-OH is 3. The molecule has 1 aliphatic heterocycles. The Bertz CT molecular complexity index is 677. The van der Waals surface area contributed by atoms with E-state index in [0.717, 1.165) is 31.0 Å². The zero-order chi connectivity index (χ0) is 16.9. The van der Waals surface area contributed by atoms with Crippen molar-refractivity contribution in [2.24, 2.45) is 0 Å². The summed E-state index contributed by atoms with van der Waals surface area (Å²) in [5, 5.41) is 35.1. The molecule has 3 heterocycles. The third kappa shape index (κ3) is 3.64. The van der Waals surface area contributed by atoms with Crippen molar-refractivity contribution in [2.45, 2.75) is 25.6 Å². The molecular weight excluding hydrogens is 312 g/mol. The van der Waals surface area contributed by atoms with Crippen molar-refractivity contribution in [3.8, 4) is 0 Å². The summed E-state index contributed by atoms with van der Waals surface area (Å²) in [7, 11) is 0. The molecule has 2 aromatic rings. The monoisotopic (exact) mass is 334 g/mol. The molecule has 24 heavy (non-hydrogen) atoms. The highest BCUT2D eigenvalue weighted by molar-refractivity contribution is 5.48.